The Hall–Kier alpha value is -4.19. The van der Waals surface area contributed by atoms with Gasteiger partial charge >= 0.3 is 16.1 Å². The fourth-order valence-corrected chi connectivity index (χ4v) is 6.63. The van der Waals surface area contributed by atoms with Gasteiger partial charge < -0.3 is 13.7 Å². The van der Waals surface area contributed by atoms with Gasteiger partial charge in [-0.15, -0.1) is 0 Å². The zero-order valence-electron chi connectivity index (χ0n) is 22.7. The van der Waals surface area contributed by atoms with Gasteiger partial charge in [0.2, 0.25) is 0 Å². The second-order valence-corrected chi connectivity index (χ2v) is 12.1. The highest BCUT2D eigenvalue weighted by Crippen LogP contribution is 2.32. The summed E-state index contributed by atoms with van der Waals surface area (Å²) in [5, 5.41) is 0.516. The normalized spacial score (nSPS) is 15.1. The summed E-state index contributed by atoms with van der Waals surface area (Å²) in [6, 6.07) is 18.5. The molecule has 42 heavy (non-hydrogen) atoms. The molecule has 12 heteroatoms. The SMILES string of the molecule is CCOC(=O)C1=C(C)N=c2sc(=Cc3ccc(OS(=O)(=O)c4ccccc4)c(OC)c3)c(=O)n2[C@H]1c1ccc(Cl)cc1. The summed E-state index contributed by atoms with van der Waals surface area (Å²) in [4.78, 5) is 31.8. The smallest absolute Gasteiger partial charge is 0.339 e. The maximum atomic E-state index is 13.8. The van der Waals surface area contributed by atoms with E-state index < -0.39 is 22.1 Å². The number of allylic oxidation sites excluding steroid dienone is 1. The molecule has 1 aromatic heterocycles. The predicted molar refractivity (Wildman–Crippen MR) is 159 cm³/mol. The first-order valence-electron chi connectivity index (χ1n) is 12.8. The van der Waals surface area contributed by atoms with Gasteiger partial charge in [0, 0.05) is 5.02 Å². The van der Waals surface area contributed by atoms with Gasteiger partial charge in [-0.1, -0.05) is 59.3 Å². The Labute approximate surface area is 250 Å². The minimum Gasteiger partial charge on any atom is -0.493 e. The average Bonchev–Trinajstić information content (AvgIpc) is 3.27. The van der Waals surface area contributed by atoms with Gasteiger partial charge in [-0.2, -0.15) is 8.42 Å². The summed E-state index contributed by atoms with van der Waals surface area (Å²) in [5.41, 5.74) is 1.59. The van der Waals surface area contributed by atoms with Gasteiger partial charge in [0.05, 0.1) is 35.6 Å². The molecule has 0 radical (unpaired) electrons. The molecular weight excluding hydrogens is 600 g/mol. The zero-order chi connectivity index (χ0) is 30.0. The number of carbonyl (C=O) groups is 1. The third kappa shape index (κ3) is 5.76. The highest BCUT2D eigenvalue weighted by Gasteiger charge is 2.33. The van der Waals surface area contributed by atoms with Crippen LogP contribution in [0.1, 0.15) is 31.0 Å². The number of hydrogen-bond acceptors (Lipinski definition) is 9. The van der Waals surface area contributed by atoms with Crippen molar-refractivity contribution in [3.8, 4) is 11.5 Å². The number of hydrogen-bond donors (Lipinski definition) is 0. The molecule has 0 saturated heterocycles. The van der Waals surface area contributed by atoms with Crippen LogP contribution in [0.4, 0.5) is 0 Å². The Morgan fingerprint density at radius 1 is 1.07 bits per heavy atom. The van der Waals surface area contributed by atoms with Crippen LogP contribution in [-0.4, -0.2) is 32.7 Å². The predicted octanol–water partition coefficient (Wildman–Crippen LogP) is 4.23. The van der Waals surface area contributed by atoms with Gasteiger partial charge in [0.15, 0.2) is 16.3 Å². The molecule has 0 aliphatic carbocycles. The highest BCUT2D eigenvalue weighted by atomic mass is 35.5. The lowest BCUT2D eigenvalue weighted by molar-refractivity contribution is -0.139. The van der Waals surface area contributed by atoms with Crippen LogP contribution in [0.15, 0.2) is 98.7 Å². The average molecular weight is 625 g/mol. The van der Waals surface area contributed by atoms with Crippen molar-refractivity contribution in [2.24, 2.45) is 4.99 Å². The Balaban J connectivity index is 1.58. The van der Waals surface area contributed by atoms with Gasteiger partial charge in [-0.05, 0) is 67.4 Å². The van der Waals surface area contributed by atoms with E-state index in [-0.39, 0.29) is 34.1 Å². The summed E-state index contributed by atoms with van der Waals surface area (Å²) in [6.07, 6.45) is 1.64. The Bertz CT molecular complexity index is 1980. The molecule has 0 fully saturated rings. The number of aromatic nitrogens is 1. The summed E-state index contributed by atoms with van der Waals surface area (Å²) < 4.78 is 43.3. The molecule has 0 spiro atoms. The largest absolute Gasteiger partial charge is 0.493 e. The van der Waals surface area contributed by atoms with Crippen molar-refractivity contribution in [1.29, 1.82) is 0 Å². The van der Waals surface area contributed by atoms with Gasteiger partial charge in [0.25, 0.3) is 5.56 Å². The van der Waals surface area contributed by atoms with E-state index >= 15 is 0 Å². The number of carbonyl (C=O) groups excluding carboxylic acids is 1. The lowest BCUT2D eigenvalue weighted by atomic mass is 9.96. The van der Waals surface area contributed by atoms with E-state index in [0.717, 1.165) is 11.3 Å². The van der Waals surface area contributed by atoms with Crippen LogP contribution in [0.3, 0.4) is 0 Å². The number of thiazole rings is 1. The third-order valence-electron chi connectivity index (χ3n) is 6.42. The molecule has 9 nitrogen and oxygen atoms in total. The molecule has 3 aromatic carbocycles. The molecule has 1 aliphatic rings. The van der Waals surface area contributed by atoms with Gasteiger partial charge in [-0.3, -0.25) is 9.36 Å². The van der Waals surface area contributed by atoms with E-state index in [2.05, 4.69) is 4.99 Å². The van der Waals surface area contributed by atoms with Crippen LogP contribution >= 0.6 is 22.9 Å². The zero-order valence-corrected chi connectivity index (χ0v) is 25.1. The molecule has 0 saturated carbocycles. The van der Waals surface area contributed by atoms with Crippen molar-refractivity contribution in [3.63, 3.8) is 0 Å². The summed E-state index contributed by atoms with van der Waals surface area (Å²) in [5.74, 6) is -0.397. The second kappa shape index (κ2) is 12.0. The fraction of sp³-hybridized carbons (Fsp3) is 0.167. The first kappa shape index (κ1) is 29.3. The Kier molecular flexibility index (Phi) is 8.35. The van der Waals surface area contributed by atoms with E-state index in [1.54, 1.807) is 74.5 Å². The van der Waals surface area contributed by atoms with Crippen LogP contribution < -0.4 is 23.8 Å². The standard InChI is InChI=1S/C30H25ClN2O7S2/c1-4-39-29(35)26-18(2)32-30-33(27(26)20-11-13-21(31)14-12-20)28(34)25(41-30)17-19-10-15-23(24(16-19)38-3)40-42(36,37)22-8-6-5-7-9-22/h5-17,27H,4H2,1-3H3/t27-/m0/s1. The quantitative estimate of drug-likeness (QED) is 0.213. The van der Waals surface area contributed by atoms with E-state index in [9.17, 15) is 18.0 Å². The van der Waals surface area contributed by atoms with Gasteiger partial charge in [0.1, 0.15) is 4.90 Å². The van der Waals surface area contributed by atoms with E-state index in [1.165, 1.54) is 29.9 Å². The van der Waals surface area contributed by atoms with E-state index in [0.29, 0.717) is 31.2 Å². The molecule has 0 bridgehead atoms. The topological polar surface area (TPSA) is 113 Å². The molecule has 4 aromatic rings. The number of ether oxygens (including phenoxy) is 2. The third-order valence-corrected chi connectivity index (χ3v) is 8.90. The molecule has 1 atom stereocenters. The number of rotatable bonds is 8. The summed E-state index contributed by atoms with van der Waals surface area (Å²) in [7, 11) is -2.70. The van der Waals surface area contributed by atoms with E-state index in [4.69, 9.17) is 25.3 Å². The molecule has 5 rings (SSSR count). The van der Waals surface area contributed by atoms with Crippen LogP contribution in [0.2, 0.25) is 5.02 Å². The molecule has 0 amide bonds. The lowest BCUT2D eigenvalue weighted by Crippen LogP contribution is -2.39. The van der Waals surface area contributed by atoms with Crippen LogP contribution in [0.25, 0.3) is 6.08 Å². The maximum absolute atomic E-state index is 13.8. The minimum absolute atomic E-state index is 0.00240. The number of methoxy groups -OCH3 is 1. The van der Waals surface area contributed by atoms with Crippen molar-refractivity contribution >= 4 is 45.1 Å². The number of fused-ring (bicyclic) bond motifs is 1. The summed E-state index contributed by atoms with van der Waals surface area (Å²) in [6.45, 7) is 3.59. The number of nitrogens with zero attached hydrogens (tertiary/aromatic N) is 2. The lowest BCUT2D eigenvalue weighted by Gasteiger charge is -2.24. The minimum atomic E-state index is -4.09. The van der Waals surface area contributed by atoms with Crippen molar-refractivity contribution in [2.45, 2.75) is 24.8 Å². The van der Waals surface area contributed by atoms with Gasteiger partial charge in [-0.25, -0.2) is 9.79 Å². The van der Waals surface area contributed by atoms with Crippen LogP contribution in [0.5, 0.6) is 11.5 Å². The molecule has 0 N–H and O–H groups in total. The Morgan fingerprint density at radius 2 is 1.79 bits per heavy atom. The maximum Gasteiger partial charge on any atom is 0.339 e. The monoisotopic (exact) mass is 624 g/mol. The number of benzene rings is 3. The number of halogens is 1. The number of esters is 1. The summed E-state index contributed by atoms with van der Waals surface area (Å²) >= 11 is 7.27. The molecule has 0 unspecified atom stereocenters. The van der Waals surface area contributed by atoms with Crippen molar-refractivity contribution in [1.82, 2.24) is 4.57 Å². The first-order chi connectivity index (χ1) is 20.1. The van der Waals surface area contributed by atoms with Crippen LogP contribution in [-0.2, 0) is 19.6 Å². The van der Waals surface area contributed by atoms with Crippen molar-refractivity contribution in [3.05, 3.63) is 120 Å². The molecule has 216 valence electrons. The first-order valence-corrected chi connectivity index (χ1v) is 15.4. The highest BCUT2D eigenvalue weighted by molar-refractivity contribution is 7.87. The second-order valence-electron chi connectivity index (χ2n) is 9.11. The van der Waals surface area contributed by atoms with Crippen LogP contribution in [0, 0.1) is 0 Å². The van der Waals surface area contributed by atoms with E-state index in [1.807, 2.05) is 0 Å². The fourth-order valence-electron chi connectivity index (χ4n) is 4.50. The Morgan fingerprint density at radius 3 is 2.45 bits per heavy atom. The molecular formula is C30H25ClN2O7S2. The van der Waals surface area contributed by atoms with Crippen molar-refractivity contribution < 1.29 is 26.9 Å². The van der Waals surface area contributed by atoms with Crippen molar-refractivity contribution in [2.75, 3.05) is 13.7 Å². The molecule has 1 aliphatic heterocycles. The molecule has 2 heterocycles.